The molecule has 4 atom stereocenters. The Morgan fingerprint density at radius 3 is 2.83 bits per heavy atom. The molecule has 2 aliphatic rings. The summed E-state index contributed by atoms with van der Waals surface area (Å²) in [4.78, 5) is 12.5. The van der Waals surface area contributed by atoms with Gasteiger partial charge in [-0.15, -0.1) is 0 Å². The predicted molar refractivity (Wildman–Crippen MR) is 89.8 cm³/mol. The molecular weight excluding hydrogens is 304 g/mol. The lowest BCUT2D eigenvalue weighted by molar-refractivity contribution is -0.117. The molecule has 0 radical (unpaired) electrons. The number of fused-ring (bicyclic) bond motifs is 2. The summed E-state index contributed by atoms with van der Waals surface area (Å²) in [5.74, 6) is 3.16. The third-order valence-electron chi connectivity index (χ3n) is 5.90. The van der Waals surface area contributed by atoms with Crippen LogP contribution in [0.5, 0.6) is 0 Å². The Balaban J connectivity index is 1.45. The van der Waals surface area contributed by atoms with E-state index < -0.39 is 0 Å². The number of aromatic nitrogens is 3. The second-order valence-corrected chi connectivity index (χ2v) is 7.44. The summed E-state index contributed by atoms with van der Waals surface area (Å²) in [6.07, 6.45) is 5.33. The van der Waals surface area contributed by atoms with Crippen LogP contribution in [-0.4, -0.2) is 21.3 Å². The number of amides is 1. The van der Waals surface area contributed by atoms with Crippen molar-refractivity contribution in [2.45, 2.75) is 58.3 Å². The van der Waals surface area contributed by atoms with E-state index in [1.54, 1.807) is 0 Å². The largest absolute Gasteiger partial charge is 0.361 e. The smallest absolute Gasteiger partial charge is 0.233 e. The number of aryl methyl sites for hydroxylation is 2. The molecule has 6 nitrogen and oxygen atoms in total. The van der Waals surface area contributed by atoms with Crippen molar-refractivity contribution in [3.8, 4) is 0 Å². The summed E-state index contributed by atoms with van der Waals surface area (Å²) in [5.41, 5.74) is 2.79. The molecule has 0 saturated heterocycles. The van der Waals surface area contributed by atoms with Gasteiger partial charge in [-0.3, -0.25) is 9.89 Å². The van der Waals surface area contributed by atoms with Gasteiger partial charge in [-0.1, -0.05) is 11.6 Å². The van der Waals surface area contributed by atoms with Crippen molar-refractivity contribution >= 4 is 11.7 Å². The van der Waals surface area contributed by atoms with Gasteiger partial charge in [0, 0.05) is 23.2 Å². The van der Waals surface area contributed by atoms with Crippen LogP contribution in [0.2, 0.25) is 0 Å². The lowest BCUT2D eigenvalue weighted by Gasteiger charge is -2.19. The van der Waals surface area contributed by atoms with Gasteiger partial charge in [-0.05, 0) is 51.9 Å². The lowest BCUT2D eigenvalue weighted by atomic mass is 9.86. The minimum atomic E-state index is -0.320. The van der Waals surface area contributed by atoms with Crippen molar-refractivity contribution < 1.29 is 9.32 Å². The fraction of sp³-hybridized carbons (Fsp3) is 0.611. The van der Waals surface area contributed by atoms with Crippen LogP contribution in [0.3, 0.4) is 0 Å². The Morgan fingerprint density at radius 2 is 2.21 bits per heavy atom. The molecule has 2 aliphatic carbocycles. The summed E-state index contributed by atoms with van der Waals surface area (Å²) in [6.45, 7) is 5.56. The maximum atomic E-state index is 12.5. The zero-order valence-corrected chi connectivity index (χ0v) is 14.4. The fourth-order valence-electron chi connectivity index (χ4n) is 4.69. The van der Waals surface area contributed by atoms with Crippen molar-refractivity contribution in [2.75, 3.05) is 5.32 Å². The quantitative estimate of drug-likeness (QED) is 0.897. The SMILES string of the molecule is Cc1noc(C)c1[C@H](C)C(=O)Nc1cc([C@H]2C[C@H]3CC[C@H]2C3)[nH]n1. The van der Waals surface area contributed by atoms with Crippen LogP contribution in [0.1, 0.15) is 67.2 Å². The van der Waals surface area contributed by atoms with Crippen LogP contribution in [0.25, 0.3) is 0 Å². The first-order valence-electron chi connectivity index (χ1n) is 8.82. The van der Waals surface area contributed by atoms with Crippen LogP contribution >= 0.6 is 0 Å². The molecule has 2 N–H and O–H groups in total. The number of carbonyl (C=O) groups excluding carboxylic acids is 1. The van der Waals surface area contributed by atoms with Gasteiger partial charge in [0.2, 0.25) is 5.91 Å². The zero-order valence-electron chi connectivity index (χ0n) is 14.4. The average molecular weight is 328 g/mol. The van der Waals surface area contributed by atoms with E-state index in [0.717, 1.165) is 23.1 Å². The van der Waals surface area contributed by atoms with Gasteiger partial charge in [0.15, 0.2) is 5.82 Å². The highest BCUT2D eigenvalue weighted by Crippen LogP contribution is 2.52. The fourth-order valence-corrected chi connectivity index (χ4v) is 4.69. The molecule has 0 unspecified atom stereocenters. The number of nitrogens with one attached hydrogen (secondary N) is 2. The second-order valence-electron chi connectivity index (χ2n) is 7.44. The normalized spacial score (nSPS) is 26.7. The highest BCUT2D eigenvalue weighted by atomic mass is 16.5. The molecule has 4 rings (SSSR count). The van der Waals surface area contributed by atoms with E-state index in [2.05, 4.69) is 20.7 Å². The third kappa shape index (κ3) is 2.54. The van der Waals surface area contributed by atoms with Crippen LogP contribution < -0.4 is 5.32 Å². The molecule has 0 spiro atoms. The molecule has 2 fully saturated rings. The topological polar surface area (TPSA) is 83.8 Å². The van der Waals surface area contributed by atoms with Crippen molar-refractivity contribution in [3.05, 3.63) is 28.8 Å². The molecule has 24 heavy (non-hydrogen) atoms. The first-order chi connectivity index (χ1) is 11.5. The van der Waals surface area contributed by atoms with E-state index in [9.17, 15) is 4.79 Å². The van der Waals surface area contributed by atoms with Gasteiger partial charge in [0.25, 0.3) is 0 Å². The van der Waals surface area contributed by atoms with Gasteiger partial charge < -0.3 is 9.84 Å². The standard InChI is InChI=1S/C18H24N4O2/c1-9(17-10(2)22-24-11(17)3)18(23)19-16-8-15(20-21-16)14-7-12-4-5-13(14)6-12/h8-9,12-14H,4-7H2,1-3H3,(H2,19,20,21,23)/t9-,12-,13-,14-/m0/s1. The number of rotatable bonds is 4. The number of carbonyl (C=O) groups is 1. The van der Waals surface area contributed by atoms with Crippen molar-refractivity contribution in [3.63, 3.8) is 0 Å². The predicted octanol–water partition coefficient (Wildman–Crippen LogP) is 3.66. The number of nitrogens with zero attached hydrogens (tertiary/aromatic N) is 2. The Hall–Kier alpha value is -2.11. The number of anilines is 1. The number of hydrogen-bond acceptors (Lipinski definition) is 4. The maximum Gasteiger partial charge on any atom is 0.233 e. The first kappa shape index (κ1) is 15.4. The molecule has 128 valence electrons. The first-order valence-corrected chi connectivity index (χ1v) is 8.82. The molecule has 6 heteroatoms. The van der Waals surface area contributed by atoms with E-state index in [-0.39, 0.29) is 11.8 Å². The molecule has 2 bridgehead atoms. The molecule has 2 aromatic heterocycles. The molecule has 1 amide bonds. The van der Waals surface area contributed by atoms with E-state index in [4.69, 9.17) is 4.52 Å². The van der Waals surface area contributed by atoms with Crippen molar-refractivity contribution in [1.29, 1.82) is 0 Å². The van der Waals surface area contributed by atoms with E-state index in [1.165, 1.54) is 31.4 Å². The summed E-state index contributed by atoms with van der Waals surface area (Å²) in [6, 6.07) is 2.00. The minimum absolute atomic E-state index is 0.0876. The van der Waals surface area contributed by atoms with E-state index >= 15 is 0 Å². The van der Waals surface area contributed by atoms with Crippen molar-refractivity contribution in [2.24, 2.45) is 11.8 Å². The highest BCUT2D eigenvalue weighted by Gasteiger charge is 2.41. The Labute approximate surface area is 141 Å². The minimum Gasteiger partial charge on any atom is -0.361 e. The summed E-state index contributed by atoms with van der Waals surface area (Å²) in [7, 11) is 0. The average Bonchev–Trinajstić information content (AvgIpc) is 3.32. The third-order valence-corrected chi connectivity index (χ3v) is 5.90. The van der Waals surface area contributed by atoms with E-state index in [1.807, 2.05) is 26.8 Å². The van der Waals surface area contributed by atoms with E-state index in [0.29, 0.717) is 17.5 Å². The maximum absolute atomic E-state index is 12.5. The Kier molecular flexibility index (Phi) is 3.70. The molecule has 2 aromatic rings. The van der Waals surface area contributed by atoms with Crippen molar-refractivity contribution in [1.82, 2.24) is 15.4 Å². The zero-order chi connectivity index (χ0) is 16.8. The van der Waals surface area contributed by atoms with Gasteiger partial charge in [-0.25, -0.2) is 0 Å². The molecule has 2 saturated carbocycles. The number of aromatic amines is 1. The summed E-state index contributed by atoms with van der Waals surface area (Å²) >= 11 is 0. The van der Waals surface area contributed by atoms with Gasteiger partial charge >= 0.3 is 0 Å². The highest BCUT2D eigenvalue weighted by molar-refractivity contribution is 5.95. The van der Waals surface area contributed by atoms with Crippen LogP contribution in [-0.2, 0) is 4.79 Å². The molecular formula is C18H24N4O2. The molecule has 0 aromatic carbocycles. The molecule has 2 heterocycles. The number of H-pyrrole nitrogens is 1. The number of hydrogen-bond donors (Lipinski definition) is 2. The van der Waals surface area contributed by atoms with Gasteiger partial charge in [-0.2, -0.15) is 5.10 Å². The summed E-state index contributed by atoms with van der Waals surface area (Å²) < 4.78 is 5.16. The molecule has 0 aliphatic heterocycles. The van der Waals surface area contributed by atoms with Crippen LogP contribution in [0, 0.1) is 25.7 Å². The summed E-state index contributed by atoms with van der Waals surface area (Å²) in [5, 5.41) is 14.3. The second kappa shape index (κ2) is 5.76. The Morgan fingerprint density at radius 1 is 1.38 bits per heavy atom. The van der Waals surface area contributed by atoms with Crippen LogP contribution in [0.15, 0.2) is 10.6 Å². The lowest BCUT2D eigenvalue weighted by Crippen LogP contribution is -2.20. The van der Waals surface area contributed by atoms with Crippen LogP contribution in [0.4, 0.5) is 5.82 Å². The van der Waals surface area contributed by atoms with Gasteiger partial charge in [0.05, 0.1) is 11.6 Å². The van der Waals surface area contributed by atoms with Gasteiger partial charge in [0.1, 0.15) is 5.76 Å². The Bertz CT molecular complexity index is 743. The monoisotopic (exact) mass is 328 g/mol.